The van der Waals surface area contributed by atoms with Crippen LogP contribution < -0.4 is 4.74 Å². The monoisotopic (exact) mass is 267 g/mol. The average Bonchev–Trinajstić information content (AvgIpc) is 2.15. The molecule has 17 heavy (non-hydrogen) atoms. The van der Waals surface area contributed by atoms with Crippen molar-refractivity contribution in [3.05, 3.63) is 24.3 Å². The van der Waals surface area contributed by atoms with Crippen LogP contribution in [0.5, 0.6) is 5.75 Å². The molecule has 0 heterocycles. The van der Waals surface area contributed by atoms with Crippen molar-refractivity contribution >= 4 is 9.84 Å². The van der Waals surface area contributed by atoms with Crippen LogP contribution >= 0.6 is 0 Å². The fourth-order valence-corrected chi connectivity index (χ4v) is 1.55. The fourth-order valence-electron chi connectivity index (χ4n) is 0.958. The van der Waals surface area contributed by atoms with Crippen molar-refractivity contribution in [2.45, 2.75) is 24.1 Å². The van der Waals surface area contributed by atoms with E-state index in [4.69, 9.17) is 0 Å². The Labute approximate surface area is 97.1 Å². The van der Waals surface area contributed by atoms with Crippen LogP contribution in [0.3, 0.4) is 0 Å². The molecule has 0 saturated carbocycles. The van der Waals surface area contributed by atoms with E-state index in [0.29, 0.717) is 0 Å². The summed E-state index contributed by atoms with van der Waals surface area (Å²) in [6.45, 7) is 0.859. The third kappa shape index (κ3) is 3.92. The van der Waals surface area contributed by atoms with Gasteiger partial charge in [0.1, 0.15) is 5.75 Å². The SMILES string of the molecule is C[C@H](Oc1[c]cc(S(C)(=O)=O)cc1)C(F)(F)F. The Morgan fingerprint density at radius 2 is 1.94 bits per heavy atom. The van der Waals surface area contributed by atoms with Gasteiger partial charge < -0.3 is 4.74 Å². The van der Waals surface area contributed by atoms with E-state index in [1.807, 2.05) is 0 Å². The molecule has 1 aromatic rings. The molecule has 0 saturated heterocycles. The highest BCUT2D eigenvalue weighted by atomic mass is 32.2. The lowest BCUT2D eigenvalue weighted by atomic mass is 10.3. The van der Waals surface area contributed by atoms with E-state index < -0.39 is 22.1 Å². The summed E-state index contributed by atoms with van der Waals surface area (Å²) in [5.74, 6) is -0.151. The molecule has 3 nitrogen and oxygen atoms in total. The smallest absolute Gasteiger partial charge is 0.425 e. The number of halogens is 3. The number of hydrogen-bond donors (Lipinski definition) is 0. The Morgan fingerprint density at radius 1 is 1.35 bits per heavy atom. The Balaban J connectivity index is 2.83. The molecule has 0 spiro atoms. The van der Waals surface area contributed by atoms with Gasteiger partial charge in [-0.1, -0.05) is 0 Å². The minimum atomic E-state index is -4.47. The zero-order valence-electron chi connectivity index (χ0n) is 9.08. The van der Waals surface area contributed by atoms with Crippen molar-refractivity contribution in [1.82, 2.24) is 0 Å². The predicted octanol–water partition coefficient (Wildman–Crippen LogP) is 2.22. The number of benzene rings is 1. The molecule has 0 aromatic heterocycles. The summed E-state index contributed by atoms with van der Waals surface area (Å²) in [7, 11) is -3.39. The highest BCUT2D eigenvalue weighted by Gasteiger charge is 2.38. The molecular weight excluding hydrogens is 257 g/mol. The first-order valence-electron chi connectivity index (χ1n) is 4.56. The van der Waals surface area contributed by atoms with Gasteiger partial charge in [0.05, 0.1) is 4.90 Å². The van der Waals surface area contributed by atoms with Crippen molar-refractivity contribution in [2.75, 3.05) is 6.26 Å². The van der Waals surface area contributed by atoms with E-state index >= 15 is 0 Å². The Hall–Kier alpha value is -1.24. The molecule has 0 fully saturated rings. The number of ether oxygens (including phenoxy) is 1. The topological polar surface area (TPSA) is 43.4 Å². The summed E-state index contributed by atoms with van der Waals surface area (Å²) in [4.78, 5) is -0.0236. The van der Waals surface area contributed by atoms with E-state index in [2.05, 4.69) is 10.8 Å². The van der Waals surface area contributed by atoms with Crippen LogP contribution in [-0.2, 0) is 9.84 Å². The molecule has 1 radical (unpaired) electrons. The van der Waals surface area contributed by atoms with Gasteiger partial charge in [-0.25, -0.2) is 8.42 Å². The van der Waals surface area contributed by atoms with Gasteiger partial charge in [0, 0.05) is 12.3 Å². The first-order valence-corrected chi connectivity index (χ1v) is 6.45. The molecule has 1 atom stereocenters. The van der Waals surface area contributed by atoms with Crippen molar-refractivity contribution in [2.24, 2.45) is 0 Å². The quantitative estimate of drug-likeness (QED) is 0.843. The minimum Gasteiger partial charge on any atom is -0.481 e. The van der Waals surface area contributed by atoms with E-state index in [-0.39, 0.29) is 10.6 Å². The van der Waals surface area contributed by atoms with Gasteiger partial charge in [-0.3, -0.25) is 0 Å². The maximum absolute atomic E-state index is 12.2. The molecule has 0 aliphatic heterocycles. The summed E-state index contributed by atoms with van der Waals surface area (Å²) in [6.07, 6.45) is -5.44. The van der Waals surface area contributed by atoms with Crippen LogP contribution in [0, 0.1) is 6.07 Å². The Morgan fingerprint density at radius 3 is 2.29 bits per heavy atom. The molecule has 95 valence electrons. The van der Waals surface area contributed by atoms with E-state index in [9.17, 15) is 21.6 Å². The van der Waals surface area contributed by atoms with Gasteiger partial charge in [0.15, 0.2) is 15.9 Å². The largest absolute Gasteiger partial charge is 0.481 e. The Kier molecular flexibility index (Phi) is 3.71. The van der Waals surface area contributed by atoms with Gasteiger partial charge >= 0.3 is 6.18 Å². The van der Waals surface area contributed by atoms with Crippen LogP contribution in [-0.4, -0.2) is 27.0 Å². The first-order chi connectivity index (χ1) is 7.60. The van der Waals surface area contributed by atoms with E-state index in [1.54, 1.807) is 0 Å². The highest BCUT2D eigenvalue weighted by molar-refractivity contribution is 7.90. The highest BCUT2D eigenvalue weighted by Crippen LogP contribution is 2.25. The number of alkyl halides is 3. The van der Waals surface area contributed by atoms with Crippen LogP contribution in [0.25, 0.3) is 0 Å². The lowest BCUT2D eigenvalue weighted by Gasteiger charge is -2.17. The third-order valence-electron chi connectivity index (χ3n) is 1.95. The second kappa shape index (κ2) is 4.56. The first kappa shape index (κ1) is 13.8. The van der Waals surface area contributed by atoms with Crippen LogP contribution in [0.1, 0.15) is 6.92 Å². The Bertz CT molecular complexity index is 477. The van der Waals surface area contributed by atoms with Crippen LogP contribution in [0.4, 0.5) is 13.2 Å². The molecule has 0 N–H and O–H groups in total. The zero-order chi connectivity index (χ0) is 13.3. The number of hydrogen-bond acceptors (Lipinski definition) is 3. The summed E-state index contributed by atoms with van der Waals surface area (Å²) >= 11 is 0. The number of sulfone groups is 1. The summed E-state index contributed by atoms with van der Waals surface area (Å²) in [5.41, 5.74) is 0. The minimum absolute atomic E-state index is 0.0236. The molecule has 0 bridgehead atoms. The standard InChI is InChI=1S/C10H10F3O3S/c1-7(10(11,12)13)16-8-3-5-9(6-4-8)17(2,14)15/h3,5-7H,1-2H3/t7-/m0/s1. The lowest BCUT2D eigenvalue weighted by Crippen LogP contribution is -2.31. The molecule has 0 unspecified atom stereocenters. The molecular formula is C10H10F3O3S. The van der Waals surface area contributed by atoms with Crippen LogP contribution in [0.2, 0.25) is 0 Å². The van der Waals surface area contributed by atoms with Crippen LogP contribution in [0.15, 0.2) is 23.1 Å². The molecule has 7 heteroatoms. The van der Waals surface area contributed by atoms with Gasteiger partial charge in [0.25, 0.3) is 0 Å². The maximum Gasteiger partial charge on any atom is 0.425 e. The van der Waals surface area contributed by atoms with E-state index in [0.717, 1.165) is 25.3 Å². The number of rotatable bonds is 3. The molecule has 1 aromatic carbocycles. The second-order valence-electron chi connectivity index (χ2n) is 3.46. The van der Waals surface area contributed by atoms with E-state index in [1.165, 1.54) is 6.07 Å². The average molecular weight is 267 g/mol. The van der Waals surface area contributed by atoms with Gasteiger partial charge in [-0.15, -0.1) is 0 Å². The lowest BCUT2D eigenvalue weighted by molar-refractivity contribution is -0.189. The predicted molar refractivity (Wildman–Crippen MR) is 54.5 cm³/mol. The maximum atomic E-state index is 12.2. The van der Waals surface area contributed by atoms with Crippen molar-refractivity contribution in [3.63, 3.8) is 0 Å². The van der Waals surface area contributed by atoms with Crippen molar-refractivity contribution in [3.8, 4) is 5.75 Å². The van der Waals surface area contributed by atoms with Gasteiger partial charge in [0.2, 0.25) is 0 Å². The summed E-state index contributed by atoms with van der Waals surface area (Å²) in [5, 5.41) is 0. The molecule has 0 aliphatic rings. The van der Waals surface area contributed by atoms with Gasteiger partial charge in [-0.05, 0) is 25.1 Å². The molecule has 0 aliphatic carbocycles. The van der Waals surface area contributed by atoms with Gasteiger partial charge in [-0.2, -0.15) is 13.2 Å². The van der Waals surface area contributed by atoms with Crippen molar-refractivity contribution in [1.29, 1.82) is 0 Å². The summed E-state index contributed by atoms with van der Waals surface area (Å²) < 4.78 is 63.2. The molecule has 1 rings (SSSR count). The third-order valence-corrected chi connectivity index (χ3v) is 3.06. The molecule has 0 amide bonds. The zero-order valence-corrected chi connectivity index (χ0v) is 9.89. The van der Waals surface area contributed by atoms with Crippen molar-refractivity contribution < 1.29 is 26.3 Å². The normalized spacial score (nSPS) is 14.4. The fraction of sp³-hybridized carbons (Fsp3) is 0.400. The second-order valence-corrected chi connectivity index (χ2v) is 5.48. The summed E-state index contributed by atoms with van der Waals surface area (Å²) in [6, 6.07) is 5.73.